The summed E-state index contributed by atoms with van der Waals surface area (Å²) in [6.45, 7) is 6.49. The summed E-state index contributed by atoms with van der Waals surface area (Å²) in [6, 6.07) is 0. The zero-order chi connectivity index (χ0) is 57.8. The molecule has 0 saturated carbocycles. The number of carbonyl (C=O) groups excluding carboxylic acids is 3. The molecule has 0 fully saturated rings. The lowest BCUT2D eigenvalue weighted by molar-refractivity contribution is -0.167. The van der Waals surface area contributed by atoms with Gasteiger partial charge in [0.05, 0.1) is 0 Å². The lowest BCUT2D eigenvalue weighted by atomic mass is 10.0. The van der Waals surface area contributed by atoms with Crippen molar-refractivity contribution < 1.29 is 28.6 Å². The van der Waals surface area contributed by atoms with Gasteiger partial charge in [-0.05, 0) is 103 Å². The van der Waals surface area contributed by atoms with E-state index >= 15 is 0 Å². The fourth-order valence-corrected chi connectivity index (χ4v) is 9.71. The van der Waals surface area contributed by atoms with Crippen LogP contribution in [-0.4, -0.2) is 37.2 Å². The second-order valence-electron chi connectivity index (χ2n) is 22.7. The van der Waals surface area contributed by atoms with Crippen molar-refractivity contribution in [1.29, 1.82) is 0 Å². The Bertz CT molecular complexity index is 1560. The van der Waals surface area contributed by atoms with E-state index in [1.165, 1.54) is 180 Å². The lowest BCUT2D eigenvalue weighted by Gasteiger charge is -2.18. The maximum atomic E-state index is 12.9. The van der Waals surface area contributed by atoms with Crippen LogP contribution in [-0.2, 0) is 28.6 Å². The predicted molar refractivity (Wildman–Crippen MR) is 348 cm³/mol. The zero-order valence-electron chi connectivity index (χ0n) is 52.8. The molecule has 6 nitrogen and oxygen atoms in total. The summed E-state index contributed by atoms with van der Waals surface area (Å²) in [6.07, 6.45) is 91.7. The van der Waals surface area contributed by atoms with E-state index in [4.69, 9.17) is 14.2 Å². The third-order valence-electron chi connectivity index (χ3n) is 14.8. The molecule has 0 aliphatic rings. The van der Waals surface area contributed by atoms with Crippen LogP contribution in [0.5, 0.6) is 0 Å². The molecule has 1 atom stereocenters. The third-order valence-corrected chi connectivity index (χ3v) is 14.8. The largest absolute Gasteiger partial charge is 0.462 e. The van der Waals surface area contributed by atoms with Crippen LogP contribution < -0.4 is 0 Å². The minimum absolute atomic E-state index is 0.0782. The van der Waals surface area contributed by atoms with Gasteiger partial charge < -0.3 is 14.2 Å². The van der Waals surface area contributed by atoms with E-state index < -0.39 is 6.10 Å². The van der Waals surface area contributed by atoms with Crippen molar-refractivity contribution in [2.45, 2.75) is 341 Å². The van der Waals surface area contributed by atoms with Gasteiger partial charge in [0.1, 0.15) is 13.2 Å². The average molecular weight is 1110 g/mol. The van der Waals surface area contributed by atoms with Gasteiger partial charge in [-0.25, -0.2) is 0 Å². The summed E-state index contributed by atoms with van der Waals surface area (Å²) in [4.78, 5) is 38.2. The number of carbonyl (C=O) groups is 3. The molecule has 0 bridgehead atoms. The molecular formula is C74H128O6. The van der Waals surface area contributed by atoms with Crippen LogP contribution >= 0.6 is 0 Å². The minimum Gasteiger partial charge on any atom is -0.462 e. The Balaban J connectivity index is 4.05. The molecule has 0 aliphatic carbocycles. The molecule has 0 spiro atoms. The van der Waals surface area contributed by atoms with Crippen LogP contribution in [0.2, 0.25) is 0 Å². The topological polar surface area (TPSA) is 78.9 Å². The van der Waals surface area contributed by atoms with Gasteiger partial charge in [0.15, 0.2) is 6.10 Å². The third kappa shape index (κ3) is 65.1. The fraction of sp³-hybridized carbons (Fsp3) is 0.743. The van der Waals surface area contributed by atoms with Gasteiger partial charge in [-0.2, -0.15) is 0 Å². The van der Waals surface area contributed by atoms with Crippen LogP contribution in [0.25, 0.3) is 0 Å². The quantitative estimate of drug-likeness (QED) is 0.0261. The molecule has 0 aliphatic heterocycles. The van der Waals surface area contributed by atoms with Gasteiger partial charge in [-0.1, -0.05) is 311 Å². The smallest absolute Gasteiger partial charge is 0.306 e. The number of unbranched alkanes of at least 4 members (excludes halogenated alkanes) is 35. The molecule has 0 saturated heterocycles. The second-order valence-corrected chi connectivity index (χ2v) is 22.7. The average Bonchev–Trinajstić information content (AvgIpc) is 3.46. The first-order valence-corrected chi connectivity index (χ1v) is 34.2. The summed E-state index contributed by atoms with van der Waals surface area (Å²) in [5.74, 6) is -0.881. The summed E-state index contributed by atoms with van der Waals surface area (Å²) in [5.41, 5.74) is 0. The Morgan fingerprint density at radius 1 is 0.263 bits per heavy atom. The molecule has 1 unspecified atom stereocenters. The lowest BCUT2D eigenvalue weighted by Crippen LogP contribution is -2.30. The van der Waals surface area contributed by atoms with Crippen molar-refractivity contribution in [3.05, 3.63) is 97.2 Å². The standard InChI is InChI=1S/C74H128O6/c1-4-7-10-13-16-19-21-23-25-27-29-30-31-32-33-34-35-36-37-38-39-40-41-42-43-44-46-47-49-51-53-55-58-61-64-67-73(76)79-70-71(69-78-72(75)66-63-60-57-18-15-12-9-6-3)80-74(77)68-65-62-59-56-54-52-50-48-45-28-26-24-22-20-17-14-11-8-5-2/h7,10,16-17,19-20,23-26,29-30,32-33,45,48,71H,4-6,8-9,11-15,18,21-22,27-28,31,34-44,46-47,49-70H2,1-3H3/b10-7-,19-16-,20-17-,25-23-,26-24-,30-29-,33-32-,48-45-. The van der Waals surface area contributed by atoms with E-state index in [0.29, 0.717) is 19.3 Å². The van der Waals surface area contributed by atoms with Crippen molar-refractivity contribution >= 4 is 17.9 Å². The summed E-state index contributed by atoms with van der Waals surface area (Å²) in [7, 11) is 0. The van der Waals surface area contributed by atoms with E-state index in [1.54, 1.807) is 0 Å². The number of hydrogen-bond acceptors (Lipinski definition) is 6. The first-order valence-electron chi connectivity index (χ1n) is 34.2. The number of esters is 3. The van der Waals surface area contributed by atoms with Gasteiger partial charge in [-0.3, -0.25) is 14.4 Å². The maximum absolute atomic E-state index is 12.9. The normalized spacial score (nSPS) is 12.7. The predicted octanol–water partition coefficient (Wildman–Crippen LogP) is 23.6. The number of rotatable bonds is 62. The van der Waals surface area contributed by atoms with Gasteiger partial charge in [0.25, 0.3) is 0 Å². The monoisotopic (exact) mass is 1110 g/mol. The van der Waals surface area contributed by atoms with Crippen molar-refractivity contribution in [3.8, 4) is 0 Å². The maximum Gasteiger partial charge on any atom is 0.306 e. The van der Waals surface area contributed by atoms with Crippen LogP contribution in [0.4, 0.5) is 0 Å². The SMILES string of the molecule is CC/C=C\C/C=C\C/C=C\C/C=C\C/C=C\CCCCCCCCCCCCCCCCCCCCCC(=O)OCC(COC(=O)CCCCCCCCCC)OC(=O)CCCCCCCC/C=C\C/C=C\C/C=C\CCCCC. The minimum atomic E-state index is -0.780. The van der Waals surface area contributed by atoms with Gasteiger partial charge in [-0.15, -0.1) is 0 Å². The highest BCUT2D eigenvalue weighted by atomic mass is 16.6. The molecule has 0 radical (unpaired) electrons. The van der Waals surface area contributed by atoms with E-state index in [1.807, 2.05) is 0 Å². The molecule has 0 N–H and O–H groups in total. The highest BCUT2D eigenvalue weighted by Crippen LogP contribution is 2.17. The molecule has 460 valence electrons. The second kappa shape index (κ2) is 67.8. The molecule has 0 aromatic rings. The van der Waals surface area contributed by atoms with Crippen molar-refractivity contribution in [3.63, 3.8) is 0 Å². The fourth-order valence-electron chi connectivity index (χ4n) is 9.71. The molecule has 0 aromatic carbocycles. The molecular weight excluding hydrogens is 985 g/mol. The van der Waals surface area contributed by atoms with E-state index in [0.717, 1.165) is 116 Å². The van der Waals surface area contributed by atoms with Crippen molar-refractivity contribution in [2.24, 2.45) is 0 Å². The van der Waals surface area contributed by atoms with Crippen molar-refractivity contribution in [2.75, 3.05) is 13.2 Å². The van der Waals surface area contributed by atoms with Gasteiger partial charge >= 0.3 is 17.9 Å². The van der Waals surface area contributed by atoms with Gasteiger partial charge in [0.2, 0.25) is 0 Å². The van der Waals surface area contributed by atoms with E-state index in [9.17, 15) is 14.4 Å². The zero-order valence-corrected chi connectivity index (χ0v) is 52.8. The molecule has 6 heteroatoms. The summed E-state index contributed by atoms with van der Waals surface area (Å²) < 4.78 is 16.9. The first-order chi connectivity index (χ1) is 39.5. The van der Waals surface area contributed by atoms with Crippen LogP contribution in [0.1, 0.15) is 335 Å². The Morgan fingerprint density at radius 3 is 0.787 bits per heavy atom. The van der Waals surface area contributed by atoms with Crippen LogP contribution in [0.3, 0.4) is 0 Å². The highest BCUT2D eigenvalue weighted by molar-refractivity contribution is 5.71. The summed E-state index contributed by atoms with van der Waals surface area (Å²) >= 11 is 0. The first kappa shape index (κ1) is 76.3. The highest BCUT2D eigenvalue weighted by Gasteiger charge is 2.19. The van der Waals surface area contributed by atoms with Crippen molar-refractivity contribution in [1.82, 2.24) is 0 Å². The molecule has 0 rings (SSSR count). The molecule has 0 aromatic heterocycles. The Hall–Kier alpha value is -3.67. The Kier molecular flexibility index (Phi) is 64.7. The number of allylic oxidation sites excluding steroid dienone is 16. The van der Waals surface area contributed by atoms with Gasteiger partial charge in [0, 0.05) is 19.3 Å². The van der Waals surface area contributed by atoms with Crippen LogP contribution in [0.15, 0.2) is 97.2 Å². The van der Waals surface area contributed by atoms with E-state index in [2.05, 4.69) is 118 Å². The molecule has 0 heterocycles. The van der Waals surface area contributed by atoms with Crippen LogP contribution in [0, 0.1) is 0 Å². The Labute approximate surface area is 496 Å². The summed E-state index contributed by atoms with van der Waals surface area (Å²) in [5, 5.41) is 0. The number of hydrogen-bond donors (Lipinski definition) is 0. The molecule has 0 amide bonds. The number of ether oxygens (including phenoxy) is 3. The molecule has 80 heavy (non-hydrogen) atoms. The Morgan fingerprint density at radius 2 is 0.487 bits per heavy atom. The van der Waals surface area contributed by atoms with E-state index in [-0.39, 0.29) is 31.1 Å².